The smallest absolute Gasteiger partial charge is 0.449 e. The molecule has 1 heterocycles. The molecule has 0 bridgehead atoms. The summed E-state index contributed by atoms with van der Waals surface area (Å²) in [6.45, 7) is 2.52. The quantitative estimate of drug-likeness (QED) is 0.520. The van der Waals surface area contributed by atoms with Crippen molar-refractivity contribution in [2.75, 3.05) is 0 Å². The van der Waals surface area contributed by atoms with Crippen molar-refractivity contribution in [2.45, 2.75) is 19.9 Å². The van der Waals surface area contributed by atoms with E-state index < -0.39 is 11.1 Å². The monoisotopic (exact) mass is 264 g/mol. The molecule has 0 aliphatic rings. The third kappa shape index (κ3) is 2.49. The zero-order valence-electron chi connectivity index (χ0n) is 10.2. The van der Waals surface area contributed by atoms with Gasteiger partial charge in [0.2, 0.25) is 5.88 Å². The summed E-state index contributed by atoms with van der Waals surface area (Å²) in [5.74, 6) is 0.171. The van der Waals surface area contributed by atoms with Crippen LogP contribution in [0.25, 0.3) is 10.9 Å². The highest BCUT2D eigenvalue weighted by molar-refractivity contribution is 5.85. The second-order valence-electron chi connectivity index (χ2n) is 4.00. The van der Waals surface area contributed by atoms with Crippen molar-refractivity contribution in [3.05, 3.63) is 34.4 Å². The van der Waals surface area contributed by atoms with E-state index in [9.17, 15) is 14.9 Å². The van der Waals surface area contributed by atoms with Gasteiger partial charge in [0, 0.05) is 30.1 Å². The number of non-ortho nitro benzene ring substituents is 1. The molecule has 2 rings (SSSR count). The topological polar surface area (TPSA) is 94.6 Å². The summed E-state index contributed by atoms with van der Waals surface area (Å²) in [7, 11) is 0. The highest BCUT2D eigenvalue weighted by atomic mass is 16.7. The molecule has 0 saturated heterocycles. The van der Waals surface area contributed by atoms with Gasteiger partial charge in [-0.1, -0.05) is 6.92 Å². The number of benzene rings is 1. The molecule has 0 spiro atoms. The Morgan fingerprint density at radius 3 is 2.79 bits per heavy atom. The molecule has 0 aliphatic carbocycles. The fraction of sp³-hybridized carbons (Fsp3) is 0.250. The zero-order chi connectivity index (χ0) is 14.0. The summed E-state index contributed by atoms with van der Waals surface area (Å²) < 4.78 is 6.38. The van der Waals surface area contributed by atoms with Gasteiger partial charge >= 0.3 is 6.16 Å². The number of nitrogens with zero attached hydrogens (tertiary/aromatic N) is 2. The Bertz CT molecular complexity index is 647. The minimum Gasteiger partial charge on any atom is -0.449 e. The molecule has 7 heteroatoms. The van der Waals surface area contributed by atoms with Gasteiger partial charge in [0.05, 0.1) is 10.4 Å². The van der Waals surface area contributed by atoms with E-state index in [0.717, 1.165) is 6.42 Å². The Hall–Kier alpha value is -2.57. The second-order valence-corrected chi connectivity index (χ2v) is 4.00. The molecule has 100 valence electrons. The summed E-state index contributed by atoms with van der Waals surface area (Å²) in [6, 6.07) is 5.87. The van der Waals surface area contributed by atoms with Crippen LogP contribution in [0.1, 0.15) is 13.3 Å². The van der Waals surface area contributed by atoms with Crippen LogP contribution in [0.3, 0.4) is 0 Å². The van der Waals surface area contributed by atoms with Gasteiger partial charge in [0.15, 0.2) is 0 Å². The lowest BCUT2D eigenvalue weighted by Crippen LogP contribution is -2.08. The van der Waals surface area contributed by atoms with Gasteiger partial charge in [-0.2, -0.15) is 0 Å². The van der Waals surface area contributed by atoms with Crippen LogP contribution in [-0.2, 0) is 6.54 Å². The zero-order valence-corrected chi connectivity index (χ0v) is 10.2. The van der Waals surface area contributed by atoms with Gasteiger partial charge in [-0.25, -0.2) is 4.79 Å². The fourth-order valence-electron chi connectivity index (χ4n) is 1.97. The maximum absolute atomic E-state index is 10.7. The number of fused-ring (bicyclic) bond motifs is 1. The van der Waals surface area contributed by atoms with E-state index in [-0.39, 0.29) is 11.6 Å². The average Bonchev–Trinajstić information content (AvgIpc) is 2.66. The van der Waals surface area contributed by atoms with E-state index in [1.54, 1.807) is 10.6 Å². The predicted octanol–water partition coefficient (Wildman–Crippen LogP) is 3.02. The number of hydrogen-bond donors (Lipinski definition) is 1. The Balaban J connectivity index is 2.58. The fourth-order valence-corrected chi connectivity index (χ4v) is 1.97. The van der Waals surface area contributed by atoms with Crippen LogP contribution in [0.15, 0.2) is 24.3 Å². The first kappa shape index (κ1) is 12.9. The predicted molar refractivity (Wildman–Crippen MR) is 67.5 cm³/mol. The maximum Gasteiger partial charge on any atom is 0.512 e. The first-order valence-electron chi connectivity index (χ1n) is 5.71. The van der Waals surface area contributed by atoms with Crippen LogP contribution >= 0.6 is 0 Å². The lowest BCUT2D eigenvalue weighted by molar-refractivity contribution is -0.384. The SMILES string of the molecule is CCCn1c(OC(=O)O)cc2cc([N+](=O)[O-])ccc21. The number of carbonyl (C=O) groups is 1. The minimum atomic E-state index is -1.41. The van der Waals surface area contributed by atoms with Crippen LogP contribution in [0.5, 0.6) is 5.88 Å². The number of nitro benzene ring substituents is 1. The molecule has 0 fully saturated rings. The molecule has 0 amide bonds. The number of aromatic nitrogens is 1. The highest BCUT2D eigenvalue weighted by Crippen LogP contribution is 2.29. The third-order valence-corrected chi connectivity index (χ3v) is 2.70. The van der Waals surface area contributed by atoms with Crippen molar-refractivity contribution < 1.29 is 19.6 Å². The van der Waals surface area contributed by atoms with Gasteiger partial charge in [-0.15, -0.1) is 0 Å². The molecule has 0 atom stereocenters. The average molecular weight is 264 g/mol. The first-order valence-corrected chi connectivity index (χ1v) is 5.71. The van der Waals surface area contributed by atoms with E-state index in [2.05, 4.69) is 0 Å². The molecule has 0 aliphatic heterocycles. The van der Waals surface area contributed by atoms with E-state index in [4.69, 9.17) is 9.84 Å². The van der Waals surface area contributed by atoms with Gasteiger partial charge in [-0.3, -0.25) is 10.1 Å². The van der Waals surface area contributed by atoms with Gasteiger partial charge in [0.25, 0.3) is 5.69 Å². The van der Waals surface area contributed by atoms with E-state index in [1.165, 1.54) is 18.2 Å². The van der Waals surface area contributed by atoms with Crippen LogP contribution in [0.2, 0.25) is 0 Å². The first-order chi connectivity index (χ1) is 9.02. The summed E-state index contributed by atoms with van der Waals surface area (Å²) >= 11 is 0. The van der Waals surface area contributed by atoms with Crippen molar-refractivity contribution in [2.24, 2.45) is 0 Å². The number of carboxylic acid groups (broad SMARTS) is 1. The van der Waals surface area contributed by atoms with Crippen molar-refractivity contribution in [3.63, 3.8) is 0 Å². The van der Waals surface area contributed by atoms with Crippen molar-refractivity contribution >= 4 is 22.7 Å². The number of hydrogen-bond acceptors (Lipinski definition) is 4. The largest absolute Gasteiger partial charge is 0.512 e. The maximum atomic E-state index is 10.7. The van der Waals surface area contributed by atoms with E-state index in [0.29, 0.717) is 17.4 Å². The van der Waals surface area contributed by atoms with Crippen LogP contribution in [0.4, 0.5) is 10.5 Å². The molecule has 2 aromatic rings. The van der Waals surface area contributed by atoms with Gasteiger partial charge in [0.1, 0.15) is 0 Å². The Labute approximate surface area is 108 Å². The van der Waals surface area contributed by atoms with E-state index in [1.807, 2.05) is 6.92 Å². The van der Waals surface area contributed by atoms with Crippen LogP contribution in [0, 0.1) is 10.1 Å². The van der Waals surface area contributed by atoms with Crippen LogP contribution < -0.4 is 4.74 Å². The number of nitro groups is 1. The third-order valence-electron chi connectivity index (χ3n) is 2.70. The lowest BCUT2D eigenvalue weighted by Gasteiger charge is -2.07. The van der Waals surface area contributed by atoms with Gasteiger partial charge in [-0.05, 0) is 12.5 Å². The van der Waals surface area contributed by atoms with Gasteiger partial charge < -0.3 is 14.4 Å². The molecule has 0 saturated carbocycles. The second kappa shape index (κ2) is 4.97. The molecule has 7 nitrogen and oxygen atoms in total. The molecule has 1 N–H and O–H groups in total. The van der Waals surface area contributed by atoms with Crippen molar-refractivity contribution in [1.82, 2.24) is 4.57 Å². The Morgan fingerprint density at radius 2 is 2.21 bits per heavy atom. The molecule has 1 aromatic heterocycles. The Kier molecular flexibility index (Phi) is 3.37. The molecular weight excluding hydrogens is 252 g/mol. The van der Waals surface area contributed by atoms with Crippen molar-refractivity contribution in [3.8, 4) is 5.88 Å². The molecule has 19 heavy (non-hydrogen) atoms. The summed E-state index contributed by atoms with van der Waals surface area (Å²) in [5.41, 5.74) is 0.673. The summed E-state index contributed by atoms with van der Waals surface area (Å²) in [5, 5.41) is 20.0. The lowest BCUT2D eigenvalue weighted by atomic mass is 10.2. The van der Waals surface area contributed by atoms with E-state index >= 15 is 0 Å². The normalized spacial score (nSPS) is 10.6. The van der Waals surface area contributed by atoms with Crippen LogP contribution in [-0.4, -0.2) is 20.8 Å². The molecule has 1 aromatic carbocycles. The standard InChI is InChI=1S/C12H12N2O5/c1-2-5-13-10-4-3-9(14(17)18)6-8(10)7-11(13)19-12(15)16/h3-4,6-7H,2,5H2,1H3,(H,15,16). The molecule has 0 radical (unpaired) electrons. The van der Waals surface area contributed by atoms with Crippen molar-refractivity contribution in [1.29, 1.82) is 0 Å². The summed E-state index contributed by atoms with van der Waals surface area (Å²) in [6.07, 6.45) is -0.619. The minimum absolute atomic E-state index is 0.0389. The number of ether oxygens (including phenoxy) is 1. The molecule has 0 unspecified atom stereocenters. The number of rotatable bonds is 4. The summed E-state index contributed by atoms with van der Waals surface area (Å²) in [4.78, 5) is 20.9. The Morgan fingerprint density at radius 1 is 1.47 bits per heavy atom. The highest BCUT2D eigenvalue weighted by Gasteiger charge is 2.15. The number of aryl methyl sites for hydroxylation is 1. The molecular formula is C12H12N2O5.